The van der Waals surface area contributed by atoms with Crippen molar-refractivity contribution in [1.29, 1.82) is 0 Å². The number of benzene rings is 2. The molecule has 24 heavy (non-hydrogen) atoms. The molecule has 0 unspecified atom stereocenters. The van der Waals surface area contributed by atoms with Crippen molar-refractivity contribution in [3.8, 4) is 11.5 Å². The summed E-state index contributed by atoms with van der Waals surface area (Å²) in [5.74, 6) is 1.49. The molecule has 0 bridgehead atoms. The van der Waals surface area contributed by atoms with E-state index in [0.29, 0.717) is 5.11 Å². The van der Waals surface area contributed by atoms with E-state index in [4.69, 9.17) is 21.7 Å². The first-order valence-electron chi connectivity index (χ1n) is 7.62. The lowest BCUT2D eigenvalue weighted by Crippen LogP contribution is -2.25. The zero-order valence-electron chi connectivity index (χ0n) is 13.8. The van der Waals surface area contributed by atoms with Crippen molar-refractivity contribution in [3.05, 3.63) is 53.1 Å². The molecule has 2 N–H and O–H groups in total. The van der Waals surface area contributed by atoms with Gasteiger partial charge in [0.2, 0.25) is 6.79 Å². The predicted octanol–water partition coefficient (Wildman–Crippen LogP) is 3.74. The summed E-state index contributed by atoms with van der Waals surface area (Å²) in [7, 11) is 0. The first-order valence-corrected chi connectivity index (χ1v) is 8.03. The number of hydrogen-bond donors (Lipinski definition) is 2. The highest BCUT2D eigenvalue weighted by Crippen LogP contribution is 2.32. The van der Waals surface area contributed by atoms with Crippen LogP contribution in [0.25, 0.3) is 0 Å². The number of fused-ring (bicyclic) bond motifs is 1. The van der Waals surface area contributed by atoms with Crippen LogP contribution in [0, 0.1) is 13.8 Å². The fraction of sp³-hybridized carbons (Fsp3) is 0.222. The van der Waals surface area contributed by atoms with E-state index >= 15 is 0 Å². The van der Waals surface area contributed by atoms with Gasteiger partial charge in [0.15, 0.2) is 16.6 Å². The normalized spacial score (nSPS) is 12.9. The highest BCUT2D eigenvalue weighted by atomic mass is 32.1. The minimum atomic E-state index is 0.261. The van der Waals surface area contributed by atoms with Gasteiger partial charge in [0, 0.05) is 11.3 Å². The second-order valence-electron chi connectivity index (χ2n) is 5.60. The van der Waals surface area contributed by atoms with Gasteiger partial charge in [0.25, 0.3) is 0 Å². The zero-order valence-corrected chi connectivity index (χ0v) is 14.7. The lowest BCUT2D eigenvalue weighted by Gasteiger charge is -2.13. The molecule has 2 aromatic rings. The number of ether oxygens (including phenoxy) is 2. The molecule has 0 amide bonds. The SMILES string of the molecule is CC(=NNC(=S)Nc1c(C)cccc1C)c1ccc2c(c1)OCO2. The maximum absolute atomic E-state index is 5.38. The van der Waals surface area contributed by atoms with Crippen molar-refractivity contribution in [1.82, 2.24) is 5.43 Å². The predicted molar refractivity (Wildman–Crippen MR) is 100 cm³/mol. The third-order valence-corrected chi connectivity index (χ3v) is 4.03. The lowest BCUT2D eigenvalue weighted by molar-refractivity contribution is 0.174. The molecule has 6 heteroatoms. The third kappa shape index (κ3) is 3.49. The van der Waals surface area contributed by atoms with Crippen LogP contribution in [0.15, 0.2) is 41.5 Å². The molecule has 3 rings (SSSR count). The average Bonchev–Trinajstić information content (AvgIpc) is 3.03. The van der Waals surface area contributed by atoms with Crippen molar-refractivity contribution < 1.29 is 9.47 Å². The molecule has 0 aliphatic carbocycles. The van der Waals surface area contributed by atoms with Crippen LogP contribution in [0.4, 0.5) is 5.69 Å². The molecule has 0 radical (unpaired) electrons. The Morgan fingerprint density at radius 2 is 1.79 bits per heavy atom. The Morgan fingerprint density at radius 3 is 2.54 bits per heavy atom. The molecule has 0 aromatic heterocycles. The molecule has 2 aromatic carbocycles. The first-order chi connectivity index (χ1) is 11.5. The van der Waals surface area contributed by atoms with Crippen LogP contribution in [0.5, 0.6) is 11.5 Å². The van der Waals surface area contributed by atoms with Crippen molar-refractivity contribution >= 4 is 28.7 Å². The zero-order chi connectivity index (χ0) is 17.1. The van der Waals surface area contributed by atoms with E-state index in [1.54, 1.807) is 0 Å². The summed E-state index contributed by atoms with van der Waals surface area (Å²) in [6.07, 6.45) is 0. The summed E-state index contributed by atoms with van der Waals surface area (Å²) in [6, 6.07) is 11.8. The topological polar surface area (TPSA) is 54.9 Å². The summed E-state index contributed by atoms with van der Waals surface area (Å²) in [5.41, 5.74) is 7.91. The van der Waals surface area contributed by atoms with E-state index < -0.39 is 0 Å². The number of rotatable bonds is 3. The second kappa shape index (κ2) is 6.88. The lowest BCUT2D eigenvalue weighted by atomic mass is 10.1. The molecule has 0 atom stereocenters. The monoisotopic (exact) mass is 341 g/mol. The highest BCUT2D eigenvalue weighted by molar-refractivity contribution is 7.80. The maximum Gasteiger partial charge on any atom is 0.231 e. The molecular weight excluding hydrogens is 322 g/mol. The van der Waals surface area contributed by atoms with Gasteiger partial charge in [-0.1, -0.05) is 18.2 Å². The molecule has 1 aliphatic rings. The smallest absolute Gasteiger partial charge is 0.231 e. The number of para-hydroxylation sites is 1. The summed E-state index contributed by atoms with van der Waals surface area (Å²) in [6.45, 7) is 6.25. The molecule has 5 nitrogen and oxygen atoms in total. The molecule has 0 fully saturated rings. The van der Waals surface area contributed by atoms with E-state index in [1.807, 2.05) is 57.2 Å². The molecule has 124 valence electrons. The third-order valence-electron chi connectivity index (χ3n) is 3.84. The quantitative estimate of drug-likeness (QED) is 0.506. The molecule has 0 spiro atoms. The molecule has 0 saturated heterocycles. The number of aryl methyl sites for hydroxylation is 2. The fourth-order valence-electron chi connectivity index (χ4n) is 2.47. The van der Waals surface area contributed by atoms with Crippen LogP contribution < -0.4 is 20.2 Å². The Kier molecular flexibility index (Phi) is 4.66. The van der Waals surface area contributed by atoms with Gasteiger partial charge in [0.05, 0.1) is 5.71 Å². The van der Waals surface area contributed by atoms with Crippen LogP contribution >= 0.6 is 12.2 Å². The summed E-state index contributed by atoms with van der Waals surface area (Å²) < 4.78 is 10.7. The fourth-order valence-corrected chi connectivity index (χ4v) is 2.62. The van der Waals surface area contributed by atoms with Crippen molar-refractivity contribution in [2.75, 3.05) is 12.1 Å². The summed E-state index contributed by atoms with van der Waals surface area (Å²) >= 11 is 5.33. The molecule has 1 aliphatic heterocycles. The Bertz CT molecular complexity index is 798. The van der Waals surface area contributed by atoms with E-state index in [9.17, 15) is 0 Å². The van der Waals surface area contributed by atoms with Gasteiger partial charge in [-0.15, -0.1) is 0 Å². The minimum Gasteiger partial charge on any atom is -0.454 e. The highest BCUT2D eigenvalue weighted by Gasteiger charge is 2.14. The average molecular weight is 341 g/mol. The minimum absolute atomic E-state index is 0.261. The number of anilines is 1. The van der Waals surface area contributed by atoms with Crippen molar-refractivity contribution in [3.63, 3.8) is 0 Å². The standard InChI is InChI=1S/C18H19N3O2S/c1-11-5-4-6-12(2)17(11)19-18(24)21-20-13(3)14-7-8-15-16(9-14)23-10-22-15/h4-9H,10H2,1-3H3,(H2,19,21,24). The van der Waals surface area contributed by atoms with Gasteiger partial charge in [-0.25, -0.2) is 0 Å². The molecule has 1 heterocycles. The summed E-state index contributed by atoms with van der Waals surface area (Å²) in [5, 5.41) is 7.99. The number of thiocarbonyl (C=S) groups is 1. The van der Waals surface area contributed by atoms with Gasteiger partial charge < -0.3 is 14.8 Å². The van der Waals surface area contributed by atoms with E-state index in [0.717, 1.165) is 39.6 Å². The summed E-state index contributed by atoms with van der Waals surface area (Å²) in [4.78, 5) is 0. The van der Waals surface area contributed by atoms with Crippen LogP contribution in [-0.4, -0.2) is 17.6 Å². The van der Waals surface area contributed by atoms with Crippen LogP contribution in [0.3, 0.4) is 0 Å². The number of nitrogens with zero attached hydrogens (tertiary/aromatic N) is 1. The number of hydrogen-bond acceptors (Lipinski definition) is 4. The van der Waals surface area contributed by atoms with Crippen LogP contribution in [-0.2, 0) is 0 Å². The Balaban J connectivity index is 1.67. The van der Waals surface area contributed by atoms with E-state index in [1.165, 1.54) is 0 Å². The van der Waals surface area contributed by atoms with Gasteiger partial charge in [-0.3, -0.25) is 5.43 Å². The van der Waals surface area contributed by atoms with Crippen molar-refractivity contribution in [2.24, 2.45) is 5.10 Å². The first kappa shape index (κ1) is 16.3. The van der Waals surface area contributed by atoms with Gasteiger partial charge in [-0.05, 0) is 62.3 Å². The molecular formula is C18H19N3O2S. The number of nitrogens with one attached hydrogen (secondary N) is 2. The van der Waals surface area contributed by atoms with E-state index in [2.05, 4.69) is 15.8 Å². The largest absolute Gasteiger partial charge is 0.454 e. The Morgan fingerprint density at radius 1 is 1.08 bits per heavy atom. The number of hydrazone groups is 1. The van der Waals surface area contributed by atoms with Gasteiger partial charge >= 0.3 is 0 Å². The van der Waals surface area contributed by atoms with Crippen molar-refractivity contribution in [2.45, 2.75) is 20.8 Å². The maximum atomic E-state index is 5.38. The van der Waals surface area contributed by atoms with Gasteiger partial charge in [0.1, 0.15) is 0 Å². The molecule has 0 saturated carbocycles. The van der Waals surface area contributed by atoms with Crippen LogP contribution in [0.2, 0.25) is 0 Å². The second-order valence-corrected chi connectivity index (χ2v) is 6.01. The van der Waals surface area contributed by atoms with Crippen LogP contribution in [0.1, 0.15) is 23.6 Å². The van der Waals surface area contributed by atoms with Gasteiger partial charge in [-0.2, -0.15) is 5.10 Å². The Hall–Kier alpha value is -2.60. The van der Waals surface area contributed by atoms with E-state index in [-0.39, 0.29) is 6.79 Å². The Labute approximate surface area is 146 Å².